The molecule has 1 aromatic heterocycles. The van der Waals surface area contributed by atoms with Gasteiger partial charge < -0.3 is 10.2 Å². The van der Waals surface area contributed by atoms with E-state index in [1.807, 2.05) is 36.4 Å². The van der Waals surface area contributed by atoms with Crippen molar-refractivity contribution in [1.82, 2.24) is 5.10 Å². The van der Waals surface area contributed by atoms with E-state index >= 15 is 0 Å². The van der Waals surface area contributed by atoms with Gasteiger partial charge in [0.2, 0.25) is 0 Å². The van der Waals surface area contributed by atoms with Crippen LogP contribution in [0.1, 0.15) is 0 Å². The summed E-state index contributed by atoms with van der Waals surface area (Å²) in [4.78, 5) is 29.1. The molecule has 0 aliphatic heterocycles. The third-order valence-corrected chi connectivity index (χ3v) is 3.88. The van der Waals surface area contributed by atoms with E-state index in [9.17, 15) is 31.2 Å². The fourth-order valence-corrected chi connectivity index (χ4v) is 1.71. The molecule has 0 bridgehead atoms. The van der Waals surface area contributed by atoms with Crippen LogP contribution in [-0.2, 0) is 9.59 Å². The van der Waals surface area contributed by atoms with Crippen LogP contribution in [0.2, 0.25) is 0 Å². The van der Waals surface area contributed by atoms with Gasteiger partial charge in [-0.1, -0.05) is 0 Å². The van der Waals surface area contributed by atoms with Crippen molar-refractivity contribution < 1.29 is 50.7 Å². The molecule has 7 nitrogen and oxygen atoms in total. The Bertz CT molecular complexity index is 848. The normalized spacial score (nSPS) is 10.7. The van der Waals surface area contributed by atoms with Gasteiger partial charge >= 0.3 is 115 Å². The van der Waals surface area contributed by atoms with Crippen LogP contribution in [0.5, 0.6) is 0 Å². The van der Waals surface area contributed by atoms with Crippen molar-refractivity contribution in [3.63, 3.8) is 0 Å². The number of benzene rings is 1. The second-order valence-corrected chi connectivity index (χ2v) is 6.60. The van der Waals surface area contributed by atoms with E-state index in [4.69, 9.17) is 19.8 Å². The Morgan fingerprint density at radius 1 is 0.889 bits per heavy atom. The molecule has 0 atom stereocenters. The number of carboxylic acids is 2. The van der Waals surface area contributed by atoms with Crippen LogP contribution in [-0.4, -0.2) is 65.4 Å². The molecular weight excluding hydrogens is 583 g/mol. The zero-order valence-corrected chi connectivity index (χ0v) is 17.3. The third-order valence-electron chi connectivity index (χ3n) is 2.27. The first-order valence-electron chi connectivity index (χ1n) is 6.35. The van der Waals surface area contributed by atoms with Crippen molar-refractivity contribution in [2.75, 3.05) is 0 Å². The molecule has 0 saturated carbocycles. The fourth-order valence-electron chi connectivity index (χ4n) is 1.11. The van der Waals surface area contributed by atoms with E-state index < -0.39 is 24.3 Å². The molecule has 0 amide bonds. The molecule has 0 aliphatic rings. The molecular formula is C13H8F6N2O5Tl+. The summed E-state index contributed by atoms with van der Waals surface area (Å²) in [5, 5.41) is 19.2. The van der Waals surface area contributed by atoms with Crippen LogP contribution in [0, 0.1) is 4.91 Å². The zero-order chi connectivity index (χ0) is 21.4. The van der Waals surface area contributed by atoms with Crippen LogP contribution < -0.4 is 7.80 Å². The first kappa shape index (κ1) is 24.7. The average Bonchev–Trinajstić information content (AvgIpc) is 2.66. The summed E-state index contributed by atoms with van der Waals surface area (Å²) in [5.41, 5.74) is 0.740. The van der Waals surface area contributed by atoms with Crippen molar-refractivity contribution in [1.29, 1.82) is 0 Å². The van der Waals surface area contributed by atoms with Crippen LogP contribution in [0.15, 0.2) is 36.4 Å². The van der Waals surface area contributed by atoms with Gasteiger partial charge in [0.05, 0.1) is 0 Å². The van der Waals surface area contributed by atoms with Gasteiger partial charge in [-0.3, -0.25) is 0 Å². The quantitative estimate of drug-likeness (QED) is 0.271. The van der Waals surface area contributed by atoms with Crippen LogP contribution >= 0.6 is 0 Å². The van der Waals surface area contributed by atoms with E-state index in [2.05, 4.69) is 5.10 Å². The first-order valence-corrected chi connectivity index (χ1v) is 8.59. The van der Waals surface area contributed by atoms with Crippen LogP contribution in [0.3, 0.4) is 0 Å². The van der Waals surface area contributed by atoms with Crippen molar-refractivity contribution in [3.8, 4) is 0 Å². The van der Waals surface area contributed by atoms with Gasteiger partial charge in [0.1, 0.15) is 0 Å². The topological polar surface area (TPSA) is 110 Å². The Labute approximate surface area is 161 Å². The summed E-state index contributed by atoms with van der Waals surface area (Å²) in [6.07, 6.45) is -10.2. The summed E-state index contributed by atoms with van der Waals surface area (Å²) in [6.45, 7) is 0. The van der Waals surface area contributed by atoms with E-state index in [1.165, 1.54) is 0 Å². The van der Waals surface area contributed by atoms with Crippen molar-refractivity contribution in [2.24, 2.45) is 0 Å². The fraction of sp³-hybridized carbons (Fsp3) is 0.154. The molecule has 0 saturated heterocycles. The minimum absolute atomic E-state index is 0.511. The molecule has 0 fully saturated rings. The Morgan fingerprint density at radius 3 is 1.70 bits per heavy atom. The zero-order valence-electron chi connectivity index (χ0n) is 12.8. The van der Waals surface area contributed by atoms with Gasteiger partial charge in [0, 0.05) is 0 Å². The van der Waals surface area contributed by atoms with Crippen LogP contribution in [0.4, 0.5) is 26.3 Å². The van der Waals surface area contributed by atoms with Crippen molar-refractivity contribution >= 4 is 51.9 Å². The number of halogens is 6. The molecule has 0 radical (unpaired) electrons. The average molecular weight is 591 g/mol. The Balaban J connectivity index is 0.000000416. The standard InChI is InChI=1S/C9H6N2O.2C2HF3O2.Tl/c12-11-7-3-5-8-4-1-2-6-9(8)10-11;2*3-2(4,5)1(6)7;/h1-6H;2*(H,6,7);/q+1;;;. The molecule has 1 aromatic carbocycles. The number of nitrogens with zero attached hydrogens (tertiary/aromatic N) is 2. The maximum atomic E-state index is 11.3. The number of alkyl halides is 6. The predicted octanol–water partition coefficient (Wildman–Crippen LogP) is 1.21. The summed E-state index contributed by atoms with van der Waals surface area (Å²) in [6, 6.07) is 11.4. The molecule has 0 spiro atoms. The van der Waals surface area contributed by atoms with Gasteiger partial charge in [-0.25, -0.2) is 9.59 Å². The summed E-state index contributed by atoms with van der Waals surface area (Å²) >= 11 is 0.511. The minimum atomic E-state index is -5.08. The second kappa shape index (κ2) is 10.1. The third kappa shape index (κ3) is 9.81. The number of carboxylic acid groups (broad SMARTS) is 2. The van der Waals surface area contributed by atoms with Crippen molar-refractivity contribution in [3.05, 3.63) is 41.3 Å². The first-order chi connectivity index (χ1) is 12.2. The Hall–Kier alpha value is -2.33. The predicted molar refractivity (Wildman–Crippen MR) is 77.9 cm³/mol. The molecule has 2 aromatic rings. The number of hydrogen-bond acceptors (Lipinski definition) is 4. The molecule has 2 N–H and O–H groups in total. The van der Waals surface area contributed by atoms with Gasteiger partial charge in [-0.15, -0.1) is 0 Å². The summed E-state index contributed by atoms with van der Waals surface area (Å²) in [5.74, 6) is -5.51. The molecule has 144 valence electrons. The van der Waals surface area contributed by atoms with Gasteiger partial charge in [0.25, 0.3) is 0 Å². The number of aromatic nitrogens is 2. The maximum absolute atomic E-state index is 11.3. The number of aliphatic carboxylic acids is 2. The SMILES string of the molecule is O=C(O)C(F)(F)F.O=C(O)C(F)(F)F.O=[n+]1nc2ccccc2cc[c]1[Tl]. The van der Waals surface area contributed by atoms with Gasteiger partial charge in [0.15, 0.2) is 0 Å². The van der Waals surface area contributed by atoms with Crippen LogP contribution in [0.25, 0.3) is 10.9 Å². The van der Waals surface area contributed by atoms with Gasteiger partial charge in [-0.05, 0) is 0 Å². The molecule has 1 heterocycles. The number of hydrogen-bond donors (Lipinski definition) is 2. The molecule has 0 unspecified atom stereocenters. The Kier molecular flexibility index (Phi) is 9.25. The number of carbonyl (C=O) groups is 2. The molecule has 27 heavy (non-hydrogen) atoms. The Morgan fingerprint density at radius 2 is 1.30 bits per heavy atom. The molecule has 2 rings (SSSR count). The summed E-state index contributed by atoms with van der Waals surface area (Å²) < 4.78 is 64.9. The van der Waals surface area contributed by atoms with Crippen molar-refractivity contribution in [2.45, 2.75) is 12.4 Å². The number of rotatable bonds is 0. The number of fused-ring (bicyclic) bond motifs is 1. The van der Waals surface area contributed by atoms with Gasteiger partial charge in [-0.2, -0.15) is 26.3 Å². The van der Waals surface area contributed by atoms with E-state index in [-0.39, 0.29) is 0 Å². The van der Waals surface area contributed by atoms with E-state index in [0.29, 0.717) is 30.3 Å². The van der Waals surface area contributed by atoms with E-state index in [1.54, 1.807) is 0 Å². The monoisotopic (exact) mass is 591 g/mol. The second-order valence-electron chi connectivity index (χ2n) is 4.30. The van der Waals surface area contributed by atoms with E-state index in [0.717, 1.165) is 14.2 Å². The molecule has 0 aliphatic carbocycles. The summed E-state index contributed by atoms with van der Waals surface area (Å²) in [7, 11) is 0. The molecule has 14 heteroatoms.